The number of carbonyl (C=O) groups excluding carboxylic acids is 2. The second kappa shape index (κ2) is 17.3. The van der Waals surface area contributed by atoms with Gasteiger partial charge in [-0.15, -0.1) is 0 Å². The smallest absolute Gasteiger partial charge is 0.251 e. The molecule has 0 saturated heterocycles. The average Bonchev–Trinajstić information content (AvgIpc) is 3.13. The molecular formula is C42H46N2O2P2. The van der Waals surface area contributed by atoms with Crippen LogP contribution in [0, 0.1) is 11.8 Å². The zero-order valence-corrected chi connectivity index (χ0v) is 30.1. The summed E-state index contributed by atoms with van der Waals surface area (Å²) in [5.74, 6) is 0.149. The Labute approximate surface area is 288 Å². The Kier molecular flexibility index (Phi) is 12.7. The van der Waals surface area contributed by atoms with E-state index in [0.717, 1.165) is 12.3 Å². The lowest BCUT2D eigenvalue weighted by molar-refractivity contribution is 0.0930. The largest absolute Gasteiger partial charge is 0.349 e. The number of nitrogens with one attached hydrogen (secondary N) is 2. The van der Waals surface area contributed by atoms with E-state index < -0.39 is 15.8 Å². The van der Waals surface area contributed by atoms with Crippen molar-refractivity contribution in [3.63, 3.8) is 0 Å². The normalized spacial score (nSPS) is 12.7. The number of amides is 2. The monoisotopic (exact) mass is 672 g/mol. The van der Waals surface area contributed by atoms with Crippen LogP contribution in [-0.4, -0.2) is 36.2 Å². The summed E-state index contributed by atoms with van der Waals surface area (Å²) in [6.07, 6.45) is 1.66. The van der Waals surface area contributed by atoms with E-state index in [0.29, 0.717) is 11.1 Å². The van der Waals surface area contributed by atoms with Crippen LogP contribution in [0.1, 0.15) is 48.4 Å². The van der Waals surface area contributed by atoms with E-state index in [9.17, 15) is 9.59 Å². The van der Waals surface area contributed by atoms with E-state index in [4.69, 9.17) is 0 Å². The maximum absolute atomic E-state index is 13.7. The van der Waals surface area contributed by atoms with Crippen molar-refractivity contribution in [2.24, 2.45) is 11.8 Å². The van der Waals surface area contributed by atoms with Gasteiger partial charge in [-0.1, -0.05) is 155 Å². The molecule has 0 radical (unpaired) electrons. The van der Waals surface area contributed by atoms with Gasteiger partial charge in [0, 0.05) is 23.2 Å². The van der Waals surface area contributed by atoms with E-state index in [2.05, 4.69) is 135 Å². The van der Waals surface area contributed by atoms with Crippen molar-refractivity contribution in [3.8, 4) is 0 Å². The second-order valence-electron chi connectivity index (χ2n) is 12.8. The third-order valence-corrected chi connectivity index (χ3v) is 13.9. The second-order valence-corrected chi connectivity index (χ2v) is 17.3. The first-order valence-electron chi connectivity index (χ1n) is 16.8. The summed E-state index contributed by atoms with van der Waals surface area (Å²) in [4.78, 5) is 27.5. The van der Waals surface area contributed by atoms with Gasteiger partial charge in [0.1, 0.15) is 0 Å². The molecule has 5 aromatic rings. The molecule has 0 aromatic heterocycles. The van der Waals surface area contributed by atoms with E-state index in [1.54, 1.807) is 24.3 Å². The van der Waals surface area contributed by atoms with Crippen LogP contribution in [0.4, 0.5) is 0 Å². The average molecular weight is 673 g/mol. The maximum atomic E-state index is 13.7. The molecule has 0 spiro atoms. The molecule has 0 heterocycles. The summed E-state index contributed by atoms with van der Waals surface area (Å²) in [6, 6.07) is 49.4. The lowest BCUT2D eigenvalue weighted by Gasteiger charge is -2.29. The van der Waals surface area contributed by atoms with Gasteiger partial charge in [0.25, 0.3) is 11.8 Å². The molecule has 0 fully saturated rings. The third-order valence-electron chi connectivity index (χ3n) is 8.66. The highest BCUT2D eigenvalue weighted by Gasteiger charge is 2.26. The molecule has 0 saturated carbocycles. The molecule has 0 aliphatic heterocycles. The Bertz CT molecular complexity index is 1530. The van der Waals surface area contributed by atoms with Crippen molar-refractivity contribution in [2.75, 3.05) is 12.3 Å². The summed E-state index contributed by atoms with van der Waals surface area (Å²) >= 11 is 0. The molecule has 2 atom stereocenters. The quantitative estimate of drug-likeness (QED) is 0.120. The first-order valence-corrected chi connectivity index (χ1v) is 19.8. The molecule has 246 valence electrons. The van der Waals surface area contributed by atoms with Crippen LogP contribution in [0.15, 0.2) is 146 Å². The van der Waals surface area contributed by atoms with E-state index in [1.165, 1.54) is 21.2 Å². The molecule has 48 heavy (non-hydrogen) atoms. The Hall–Kier alpha value is -4.10. The summed E-state index contributed by atoms with van der Waals surface area (Å²) in [5.41, 5.74) is 0.989. The fourth-order valence-corrected chi connectivity index (χ4v) is 11.1. The molecule has 6 heteroatoms. The van der Waals surface area contributed by atoms with Gasteiger partial charge in [-0.05, 0) is 79.4 Å². The molecule has 2 amide bonds. The van der Waals surface area contributed by atoms with Gasteiger partial charge in [-0.25, -0.2) is 0 Å². The van der Waals surface area contributed by atoms with Crippen LogP contribution in [0.25, 0.3) is 0 Å². The van der Waals surface area contributed by atoms with Crippen molar-refractivity contribution in [1.82, 2.24) is 10.6 Å². The van der Waals surface area contributed by atoms with Crippen LogP contribution in [0.2, 0.25) is 0 Å². The van der Waals surface area contributed by atoms with Crippen molar-refractivity contribution < 1.29 is 9.59 Å². The van der Waals surface area contributed by atoms with Gasteiger partial charge in [0.15, 0.2) is 0 Å². The summed E-state index contributed by atoms with van der Waals surface area (Å²) in [5, 5.41) is 11.8. The molecule has 4 nitrogen and oxygen atoms in total. The minimum absolute atomic E-state index is 0.0398. The zero-order chi connectivity index (χ0) is 33.9. The van der Waals surface area contributed by atoms with E-state index in [-0.39, 0.29) is 35.7 Å². The van der Waals surface area contributed by atoms with Gasteiger partial charge in [0.05, 0.1) is 0 Å². The van der Waals surface area contributed by atoms with Gasteiger partial charge in [-0.2, -0.15) is 0 Å². The first kappa shape index (κ1) is 35.2. The Morgan fingerprint density at radius 2 is 0.750 bits per heavy atom. The summed E-state index contributed by atoms with van der Waals surface area (Å²) in [7, 11) is -1.35. The molecule has 5 rings (SSSR count). The molecule has 5 aromatic carbocycles. The fraction of sp³-hybridized carbons (Fsp3) is 0.238. The van der Waals surface area contributed by atoms with Crippen molar-refractivity contribution in [1.29, 1.82) is 0 Å². The maximum Gasteiger partial charge on any atom is 0.251 e. The lowest BCUT2D eigenvalue weighted by atomic mass is 10.0. The topological polar surface area (TPSA) is 58.2 Å². The molecule has 0 unspecified atom stereocenters. The molecular weight excluding hydrogens is 626 g/mol. The van der Waals surface area contributed by atoms with Crippen molar-refractivity contribution in [2.45, 2.75) is 39.8 Å². The Morgan fingerprint density at radius 1 is 0.458 bits per heavy atom. The summed E-state index contributed by atoms with van der Waals surface area (Å²) < 4.78 is 0. The number of hydrogen-bond donors (Lipinski definition) is 2. The summed E-state index contributed by atoms with van der Waals surface area (Å²) in [6.45, 7) is 8.63. The van der Waals surface area contributed by atoms with Crippen LogP contribution in [0.5, 0.6) is 0 Å². The third kappa shape index (κ3) is 9.50. The Morgan fingerprint density at radius 3 is 1.02 bits per heavy atom. The highest BCUT2D eigenvalue weighted by molar-refractivity contribution is 7.73. The minimum atomic E-state index is -0.674. The molecule has 0 aliphatic carbocycles. The molecule has 0 aliphatic rings. The highest BCUT2D eigenvalue weighted by Crippen LogP contribution is 2.36. The number of carbonyl (C=O) groups is 2. The number of rotatable bonds is 14. The zero-order valence-electron chi connectivity index (χ0n) is 28.3. The van der Waals surface area contributed by atoms with Crippen LogP contribution < -0.4 is 31.9 Å². The van der Waals surface area contributed by atoms with E-state index >= 15 is 0 Å². The standard InChI is InChI=1S/C42H46N2O2P2/c1-31(2)39(29-47(35-20-9-5-10-21-35)36-22-11-6-12-23-36)43-41(45)33-18-17-19-34(28-33)42(46)44-40(32(3)4)30-48(37-24-13-7-14-25-37)38-26-15-8-16-27-38/h5-28,31-32,39-40H,29-30H2,1-4H3,(H,43,45)(H,44,46)/t39-,40-/m1/s1. The van der Waals surface area contributed by atoms with Crippen LogP contribution in [-0.2, 0) is 0 Å². The lowest BCUT2D eigenvalue weighted by Crippen LogP contribution is -2.43. The van der Waals surface area contributed by atoms with Gasteiger partial charge >= 0.3 is 0 Å². The van der Waals surface area contributed by atoms with Gasteiger partial charge < -0.3 is 10.6 Å². The van der Waals surface area contributed by atoms with Crippen molar-refractivity contribution >= 4 is 48.9 Å². The van der Waals surface area contributed by atoms with Crippen molar-refractivity contribution in [3.05, 3.63) is 157 Å². The number of benzene rings is 5. The Balaban J connectivity index is 1.31. The predicted molar refractivity (Wildman–Crippen MR) is 207 cm³/mol. The number of hydrogen-bond acceptors (Lipinski definition) is 2. The molecule has 0 bridgehead atoms. The fourth-order valence-electron chi connectivity index (χ4n) is 5.70. The minimum Gasteiger partial charge on any atom is -0.349 e. The van der Waals surface area contributed by atoms with Gasteiger partial charge in [0.2, 0.25) is 0 Å². The highest BCUT2D eigenvalue weighted by atomic mass is 31.1. The first-order chi connectivity index (χ1) is 23.3. The van der Waals surface area contributed by atoms with E-state index in [1.807, 2.05) is 24.3 Å². The molecule has 2 N–H and O–H groups in total. The van der Waals surface area contributed by atoms with Crippen LogP contribution in [0.3, 0.4) is 0 Å². The SMILES string of the molecule is CC(C)[C@@H](CP(c1ccccc1)c1ccccc1)NC(=O)c1cccc(C(=O)N[C@H](CP(c2ccccc2)c2ccccc2)C(C)C)c1. The van der Waals surface area contributed by atoms with Crippen LogP contribution >= 0.6 is 15.8 Å². The van der Waals surface area contributed by atoms with Gasteiger partial charge in [-0.3, -0.25) is 9.59 Å². The predicted octanol–water partition coefficient (Wildman–Crippen LogP) is 7.46.